The summed E-state index contributed by atoms with van der Waals surface area (Å²) in [6.45, 7) is 8.60. The monoisotopic (exact) mass is 221 g/mol. The molecule has 2 nitrogen and oxygen atoms in total. The second-order valence-electron chi connectivity index (χ2n) is 5.35. The predicted octanol–water partition coefficient (Wildman–Crippen LogP) is 2.37. The summed E-state index contributed by atoms with van der Waals surface area (Å²) in [5.41, 5.74) is 0.326. The molecule has 0 spiro atoms. The molecule has 1 aromatic rings. The molecule has 0 bridgehead atoms. The van der Waals surface area contributed by atoms with Crippen LogP contribution in [0.15, 0.2) is 30.3 Å². The van der Waals surface area contributed by atoms with Gasteiger partial charge >= 0.3 is 0 Å². The van der Waals surface area contributed by atoms with Crippen LogP contribution in [0.4, 0.5) is 0 Å². The van der Waals surface area contributed by atoms with Crippen LogP contribution in [0.3, 0.4) is 0 Å². The van der Waals surface area contributed by atoms with Gasteiger partial charge in [0.2, 0.25) is 0 Å². The maximum Gasteiger partial charge on any atom is 0.0767 e. The van der Waals surface area contributed by atoms with Crippen molar-refractivity contribution < 1.29 is 5.11 Å². The van der Waals surface area contributed by atoms with Crippen molar-refractivity contribution in [1.29, 1.82) is 0 Å². The lowest BCUT2D eigenvalue weighted by molar-refractivity contribution is -0.00409. The van der Waals surface area contributed by atoms with Crippen molar-refractivity contribution in [1.82, 2.24) is 5.32 Å². The molecule has 0 amide bonds. The molecule has 1 rings (SSSR count). The van der Waals surface area contributed by atoms with Gasteiger partial charge in [0.25, 0.3) is 0 Å². The highest BCUT2D eigenvalue weighted by atomic mass is 16.3. The third kappa shape index (κ3) is 3.62. The fourth-order valence-electron chi connectivity index (χ4n) is 1.38. The molecule has 0 heterocycles. The standard InChI is InChI=1S/C14H23NO/c1-13(2,14(3,4)16)15-11-10-12-8-6-5-7-9-12/h5-9,15-16H,10-11H2,1-4H3. The van der Waals surface area contributed by atoms with Crippen molar-refractivity contribution in [2.75, 3.05) is 6.54 Å². The smallest absolute Gasteiger partial charge is 0.0767 e. The number of aliphatic hydroxyl groups is 1. The summed E-state index contributed by atoms with van der Waals surface area (Å²) in [4.78, 5) is 0. The van der Waals surface area contributed by atoms with Gasteiger partial charge in [0.1, 0.15) is 0 Å². The fraction of sp³-hybridized carbons (Fsp3) is 0.571. The molecule has 0 atom stereocenters. The molecule has 1 aromatic carbocycles. The molecule has 2 N–H and O–H groups in total. The third-order valence-corrected chi connectivity index (χ3v) is 3.35. The van der Waals surface area contributed by atoms with Gasteiger partial charge in [0, 0.05) is 5.54 Å². The van der Waals surface area contributed by atoms with Crippen LogP contribution in [-0.4, -0.2) is 22.8 Å². The van der Waals surface area contributed by atoms with Crippen LogP contribution >= 0.6 is 0 Å². The Bertz CT molecular complexity index is 311. The molecule has 0 radical (unpaired) electrons. The first-order chi connectivity index (χ1) is 7.33. The van der Waals surface area contributed by atoms with E-state index in [9.17, 15) is 5.11 Å². The Labute approximate surface area is 98.7 Å². The minimum Gasteiger partial charge on any atom is -0.389 e. The number of nitrogens with one attached hydrogen (secondary N) is 1. The van der Waals surface area contributed by atoms with E-state index in [4.69, 9.17) is 0 Å². The molecule has 0 saturated heterocycles. The SMILES string of the molecule is CC(C)(O)C(C)(C)NCCc1ccccc1. The average Bonchev–Trinajstić information content (AvgIpc) is 2.17. The quantitative estimate of drug-likeness (QED) is 0.800. The third-order valence-electron chi connectivity index (χ3n) is 3.35. The summed E-state index contributed by atoms with van der Waals surface area (Å²) in [7, 11) is 0. The van der Waals surface area contributed by atoms with Gasteiger partial charge in [-0.1, -0.05) is 30.3 Å². The molecule has 0 fully saturated rings. The van der Waals surface area contributed by atoms with Gasteiger partial charge in [-0.15, -0.1) is 0 Å². The molecule has 0 aliphatic rings. The van der Waals surface area contributed by atoms with E-state index in [0.29, 0.717) is 0 Å². The minimum atomic E-state index is -0.719. The Hall–Kier alpha value is -0.860. The van der Waals surface area contributed by atoms with E-state index in [-0.39, 0.29) is 5.54 Å². The van der Waals surface area contributed by atoms with E-state index in [0.717, 1.165) is 13.0 Å². The predicted molar refractivity (Wildman–Crippen MR) is 68.5 cm³/mol. The van der Waals surface area contributed by atoms with Crippen LogP contribution < -0.4 is 5.32 Å². The Morgan fingerprint density at radius 2 is 1.62 bits per heavy atom. The highest BCUT2D eigenvalue weighted by Crippen LogP contribution is 2.20. The number of hydrogen-bond donors (Lipinski definition) is 2. The Morgan fingerprint density at radius 3 is 2.12 bits per heavy atom. The zero-order valence-electron chi connectivity index (χ0n) is 10.7. The molecule has 0 aromatic heterocycles. The lowest BCUT2D eigenvalue weighted by Gasteiger charge is -2.38. The average molecular weight is 221 g/mol. The van der Waals surface area contributed by atoms with Crippen molar-refractivity contribution in [2.24, 2.45) is 0 Å². The zero-order valence-corrected chi connectivity index (χ0v) is 10.7. The number of rotatable bonds is 5. The van der Waals surface area contributed by atoms with Gasteiger partial charge in [-0.25, -0.2) is 0 Å². The molecule has 0 aliphatic heterocycles. The summed E-state index contributed by atoms with van der Waals surface area (Å²) in [6.07, 6.45) is 0.986. The van der Waals surface area contributed by atoms with E-state index in [1.165, 1.54) is 5.56 Å². The molecular weight excluding hydrogens is 198 g/mol. The van der Waals surface area contributed by atoms with Crippen molar-refractivity contribution in [3.63, 3.8) is 0 Å². The van der Waals surface area contributed by atoms with Crippen molar-refractivity contribution in [3.8, 4) is 0 Å². The Kier molecular flexibility index (Phi) is 4.11. The van der Waals surface area contributed by atoms with E-state index >= 15 is 0 Å². The summed E-state index contributed by atoms with van der Waals surface area (Å²) in [5.74, 6) is 0. The van der Waals surface area contributed by atoms with Crippen LogP contribution in [0.5, 0.6) is 0 Å². The molecular formula is C14H23NO. The van der Waals surface area contributed by atoms with E-state index in [2.05, 4.69) is 29.6 Å². The van der Waals surface area contributed by atoms with Crippen molar-refractivity contribution in [2.45, 2.75) is 45.3 Å². The maximum absolute atomic E-state index is 9.98. The molecule has 0 aliphatic carbocycles. The summed E-state index contributed by atoms with van der Waals surface area (Å²) in [5, 5.41) is 13.4. The summed E-state index contributed by atoms with van der Waals surface area (Å²) >= 11 is 0. The van der Waals surface area contributed by atoms with Crippen LogP contribution in [0.25, 0.3) is 0 Å². The lowest BCUT2D eigenvalue weighted by Crippen LogP contribution is -2.56. The van der Waals surface area contributed by atoms with Crippen LogP contribution in [0, 0.1) is 0 Å². The topological polar surface area (TPSA) is 32.3 Å². The second-order valence-corrected chi connectivity index (χ2v) is 5.35. The van der Waals surface area contributed by atoms with Crippen LogP contribution in [0.2, 0.25) is 0 Å². The van der Waals surface area contributed by atoms with Gasteiger partial charge in [0.15, 0.2) is 0 Å². The van der Waals surface area contributed by atoms with Crippen LogP contribution in [0.1, 0.15) is 33.3 Å². The number of hydrogen-bond acceptors (Lipinski definition) is 2. The highest BCUT2D eigenvalue weighted by Gasteiger charge is 2.33. The molecule has 0 unspecified atom stereocenters. The van der Waals surface area contributed by atoms with Crippen molar-refractivity contribution >= 4 is 0 Å². The van der Waals surface area contributed by atoms with Crippen LogP contribution in [-0.2, 0) is 6.42 Å². The van der Waals surface area contributed by atoms with E-state index < -0.39 is 5.60 Å². The highest BCUT2D eigenvalue weighted by molar-refractivity contribution is 5.15. The normalized spacial score (nSPS) is 12.8. The Balaban J connectivity index is 2.42. The molecule has 2 heteroatoms. The molecule has 16 heavy (non-hydrogen) atoms. The lowest BCUT2D eigenvalue weighted by atomic mass is 9.86. The minimum absolute atomic E-state index is 0.276. The number of benzene rings is 1. The first-order valence-electron chi connectivity index (χ1n) is 5.84. The summed E-state index contributed by atoms with van der Waals surface area (Å²) in [6, 6.07) is 10.4. The fourth-order valence-corrected chi connectivity index (χ4v) is 1.38. The largest absolute Gasteiger partial charge is 0.389 e. The van der Waals surface area contributed by atoms with Gasteiger partial charge in [-0.05, 0) is 46.2 Å². The van der Waals surface area contributed by atoms with Gasteiger partial charge in [0.05, 0.1) is 5.60 Å². The zero-order chi connectivity index (χ0) is 12.2. The first kappa shape index (κ1) is 13.2. The van der Waals surface area contributed by atoms with E-state index in [1.807, 2.05) is 33.8 Å². The first-order valence-corrected chi connectivity index (χ1v) is 5.84. The van der Waals surface area contributed by atoms with Gasteiger partial charge in [-0.3, -0.25) is 0 Å². The van der Waals surface area contributed by atoms with E-state index in [1.54, 1.807) is 0 Å². The van der Waals surface area contributed by atoms with Crippen molar-refractivity contribution in [3.05, 3.63) is 35.9 Å². The van der Waals surface area contributed by atoms with Gasteiger partial charge < -0.3 is 10.4 Å². The Morgan fingerprint density at radius 1 is 1.06 bits per heavy atom. The van der Waals surface area contributed by atoms with Gasteiger partial charge in [-0.2, -0.15) is 0 Å². The molecule has 90 valence electrons. The molecule has 0 saturated carbocycles. The second kappa shape index (κ2) is 4.98. The maximum atomic E-state index is 9.98. The summed E-state index contributed by atoms with van der Waals surface area (Å²) < 4.78 is 0.